The van der Waals surface area contributed by atoms with Crippen LogP contribution in [0.3, 0.4) is 0 Å². The number of phenols is 1. The molecule has 11 heteroatoms. The van der Waals surface area contributed by atoms with Crippen LogP contribution >= 0.6 is 0 Å². The van der Waals surface area contributed by atoms with E-state index in [9.17, 15) is 37.5 Å². The minimum Gasteiger partial charge on any atom is -0.508 e. The molecule has 0 spiro atoms. The van der Waals surface area contributed by atoms with Gasteiger partial charge in [0.05, 0.1) is 17.5 Å². The summed E-state index contributed by atoms with van der Waals surface area (Å²) in [5.74, 6) is -3.80. The van der Waals surface area contributed by atoms with Gasteiger partial charge >= 0.3 is 0 Å². The van der Waals surface area contributed by atoms with E-state index in [2.05, 4.69) is 13.8 Å². The molecule has 3 aliphatic carbocycles. The summed E-state index contributed by atoms with van der Waals surface area (Å²) >= 11 is 0. The van der Waals surface area contributed by atoms with Crippen LogP contribution in [-0.4, -0.2) is 65.9 Å². The van der Waals surface area contributed by atoms with E-state index in [0.29, 0.717) is 37.3 Å². The zero-order valence-corrected chi connectivity index (χ0v) is 31.2. The number of carbonyl (C=O) groups excluding carboxylic acids is 5. The van der Waals surface area contributed by atoms with Crippen LogP contribution in [0.5, 0.6) is 5.75 Å². The Kier molecular flexibility index (Phi) is 10.8. The number of hydrogen-bond acceptors (Lipinski definition) is 8. The number of sulfone groups is 1. The van der Waals surface area contributed by atoms with Gasteiger partial charge in [0.15, 0.2) is 15.6 Å². The first kappa shape index (κ1) is 38.2. The van der Waals surface area contributed by atoms with E-state index < -0.39 is 50.2 Å². The molecular formula is C39H56N2O8S. The van der Waals surface area contributed by atoms with Gasteiger partial charge in [0.25, 0.3) is 5.91 Å². The summed E-state index contributed by atoms with van der Waals surface area (Å²) in [5, 5.41) is 9.62. The summed E-state index contributed by atoms with van der Waals surface area (Å²) in [7, 11) is -3.59. The average Bonchev–Trinajstić information content (AvgIpc) is 3.86. The molecule has 0 radical (unpaired) electrons. The number of likely N-dealkylation sites (tertiary alicyclic amines) is 1. The summed E-state index contributed by atoms with van der Waals surface area (Å²) in [6.45, 7) is 10.3. The van der Waals surface area contributed by atoms with Gasteiger partial charge in [-0.05, 0) is 71.0 Å². The highest BCUT2D eigenvalue weighted by atomic mass is 32.2. The van der Waals surface area contributed by atoms with Gasteiger partial charge in [-0.25, -0.2) is 8.42 Å². The van der Waals surface area contributed by atoms with Crippen LogP contribution in [0.1, 0.15) is 111 Å². The maximum atomic E-state index is 14.5. The molecule has 0 aromatic heterocycles. The number of nitrogens with two attached hydrogens (primary N) is 1. The number of aromatic hydroxyl groups is 1. The zero-order valence-electron chi connectivity index (χ0n) is 30.4. The van der Waals surface area contributed by atoms with Crippen molar-refractivity contribution < 1.29 is 37.5 Å². The number of ketones is 3. The number of Topliss-reactive ketones (excluding diaryl/α,β-unsaturated/α-hetero) is 3. The van der Waals surface area contributed by atoms with E-state index in [1.54, 1.807) is 17.0 Å². The molecule has 50 heavy (non-hydrogen) atoms. The molecule has 3 saturated carbocycles. The van der Waals surface area contributed by atoms with Crippen LogP contribution in [0.4, 0.5) is 0 Å². The molecule has 276 valence electrons. The van der Waals surface area contributed by atoms with Crippen molar-refractivity contribution in [1.29, 1.82) is 0 Å². The number of benzene rings is 1. The monoisotopic (exact) mass is 712 g/mol. The van der Waals surface area contributed by atoms with Crippen molar-refractivity contribution in [3.8, 4) is 5.75 Å². The highest BCUT2D eigenvalue weighted by Gasteiger charge is 2.69. The summed E-state index contributed by atoms with van der Waals surface area (Å²) in [6.07, 6.45) is 6.12. The number of primary amides is 1. The Morgan fingerprint density at radius 2 is 1.60 bits per heavy atom. The third kappa shape index (κ3) is 8.68. The molecule has 1 aliphatic heterocycles. The van der Waals surface area contributed by atoms with Crippen LogP contribution in [-0.2, 0) is 39.6 Å². The lowest BCUT2D eigenvalue weighted by Crippen LogP contribution is -2.51. The molecule has 0 bridgehead atoms. The molecule has 1 saturated heterocycles. The number of rotatable bonds is 16. The Balaban J connectivity index is 1.32. The van der Waals surface area contributed by atoms with Crippen LogP contribution in [0.15, 0.2) is 24.3 Å². The predicted octanol–water partition coefficient (Wildman–Crippen LogP) is 5.18. The van der Waals surface area contributed by atoms with E-state index in [4.69, 9.17) is 5.73 Å². The fraction of sp³-hybridized carbons (Fsp3) is 0.718. The van der Waals surface area contributed by atoms with Crippen molar-refractivity contribution in [3.63, 3.8) is 0 Å². The molecular weight excluding hydrogens is 657 g/mol. The van der Waals surface area contributed by atoms with Gasteiger partial charge in [0.2, 0.25) is 11.7 Å². The molecule has 1 aromatic rings. The summed E-state index contributed by atoms with van der Waals surface area (Å²) in [4.78, 5) is 68.9. The van der Waals surface area contributed by atoms with Gasteiger partial charge in [-0.3, -0.25) is 24.0 Å². The van der Waals surface area contributed by atoms with Crippen molar-refractivity contribution in [1.82, 2.24) is 4.90 Å². The van der Waals surface area contributed by atoms with Crippen molar-refractivity contribution in [3.05, 3.63) is 29.8 Å². The van der Waals surface area contributed by atoms with Crippen LogP contribution in [0.2, 0.25) is 0 Å². The van der Waals surface area contributed by atoms with Gasteiger partial charge in [0, 0.05) is 37.6 Å². The second-order valence-electron chi connectivity index (χ2n) is 17.8. The Hall–Kier alpha value is -3.08. The lowest BCUT2D eigenvalue weighted by atomic mass is 9.70. The van der Waals surface area contributed by atoms with E-state index >= 15 is 0 Å². The Bertz CT molecular complexity index is 1600. The minimum atomic E-state index is -3.59. The molecule has 3 N–H and O–H groups in total. The van der Waals surface area contributed by atoms with Crippen molar-refractivity contribution in [2.24, 2.45) is 51.6 Å². The largest absolute Gasteiger partial charge is 0.508 e. The Labute approximate surface area is 297 Å². The first-order valence-corrected chi connectivity index (χ1v) is 20.2. The van der Waals surface area contributed by atoms with E-state index in [-0.39, 0.29) is 71.2 Å². The smallest absolute Gasteiger partial charge is 0.285 e. The summed E-state index contributed by atoms with van der Waals surface area (Å²) < 4.78 is 27.0. The van der Waals surface area contributed by atoms with Crippen LogP contribution < -0.4 is 5.73 Å². The van der Waals surface area contributed by atoms with Crippen molar-refractivity contribution in [2.75, 3.05) is 12.3 Å². The van der Waals surface area contributed by atoms with Crippen LogP contribution in [0.25, 0.3) is 0 Å². The average molecular weight is 713 g/mol. The molecule has 4 fully saturated rings. The fourth-order valence-electron chi connectivity index (χ4n) is 9.21. The summed E-state index contributed by atoms with van der Waals surface area (Å²) in [5.41, 5.74) is 4.46. The highest BCUT2D eigenvalue weighted by molar-refractivity contribution is 7.90. The van der Waals surface area contributed by atoms with Crippen LogP contribution in [0, 0.1) is 45.8 Å². The normalized spacial score (nSPS) is 25.3. The Morgan fingerprint density at radius 3 is 2.16 bits per heavy atom. The van der Waals surface area contributed by atoms with Gasteiger partial charge in [-0.1, -0.05) is 78.9 Å². The topological polar surface area (TPSA) is 169 Å². The fourth-order valence-corrected chi connectivity index (χ4v) is 11.3. The summed E-state index contributed by atoms with van der Waals surface area (Å²) in [6, 6.07) is 5.37. The first-order chi connectivity index (χ1) is 23.2. The van der Waals surface area contributed by atoms with Gasteiger partial charge in [-0.15, -0.1) is 0 Å². The lowest BCUT2D eigenvalue weighted by Gasteiger charge is -2.39. The number of amides is 2. The lowest BCUT2D eigenvalue weighted by molar-refractivity contribution is -0.148. The molecule has 5 atom stereocenters. The third-order valence-electron chi connectivity index (χ3n) is 12.3. The number of fused-ring (bicyclic) bond motifs is 1. The van der Waals surface area contributed by atoms with E-state index in [1.165, 1.54) is 12.1 Å². The van der Waals surface area contributed by atoms with Gasteiger partial charge in [-0.2, -0.15) is 0 Å². The van der Waals surface area contributed by atoms with E-state index in [0.717, 1.165) is 32.1 Å². The standard InChI is InChI=1S/C39H56N2O8S/c1-37(2,3)29(19-28(43)20-39(15-7-6-8-16-39)23-50(48,49)22-25-11-13-27(42)14-12-25)36(47)41-21-30-32(38(30,4)5)33(41)31(44)18-26(17-24-9-10-24)34(45)35(40)46/h11-14,24,26,29-30,32-33,42H,6-10,15-23H2,1-5H3,(H2,40,46)/t26?,29-,30?,32+,33-/m1/s1. The highest BCUT2D eigenvalue weighted by Crippen LogP contribution is 2.65. The maximum absolute atomic E-state index is 14.5. The molecule has 2 amide bonds. The SMILES string of the molecule is CC(C)(C)[C@H](CC(=O)CC1(CS(=O)(=O)Cc2ccc(O)cc2)CCCCC1)C(=O)N1CC2[C@@H]([C@H]1C(=O)CC(CC1CC1)C(=O)C(N)=O)C2(C)C. The number of carbonyl (C=O) groups is 5. The van der Waals surface area contributed by atoms with E-state index in [1.807, 2.05) is 20.8 Å². The molecule has 5 rings (SSSR count). The molecule has 4 aliphatic rings. The van der Waals surface area contributed by atoms with Gasteiger partial charge in [0.1, 0.15) is 11.5 Å². The second-order valence-corrected chi connectivity index (χ2v) is 19.8. The number of nitrogens with zero attached hydrogens (tertiary/aromatic N) is 1. The maximum Gasteiger partial charge on any atom is 0.285 e. The zero-order chi connectivity index (χ0) is 36.8. The minimum absolute atomic E-state index is 0.0529. The Morgan fingerprint density at radius 1 is 0.980 bits per heavy atom. The molecule has 10 nitrogen and oxygen atoms in total. The quantitative estimate of drug-likeness (QED) is 0.221. The van der Waals surface area contributed by atoms with Crippen molar-refractivity contribution in [2.45, 2.75) is 117 Å². The third-order valence-corrected chi connectivity index (χ3v) is 14.1. The van der Waals surface area contributed by atoms with Crippen molar-refractivity contribution >= 4 is 39.0 Å². The number of piperidine rings is 1. The number of hydrogen-bond donors (Lipinski definition) is 2. The molecule has 2 unspecified atom stereocenters. The first-order valence-electron chi connectivity index (χ1n) is 18.4. The number of phenolic OH excluding ortho intramolecular Hbond substituents is 1. The second kappa shape index (κ2) is 14.2. The van der Waals surface area contributed by atoms with Gasteiger partial charge < -0.3 is 15.7 Å². The predicted molar refractivity (Wildman–Crippen MR) is 189 cm³/mol. The molecule has 1 heterocycles. The molecule has 1 aromatic carbocycles.